The molecule has 0 atom stereocenters. The van der Waals surface area contributed by atoms with Gasteiger partial charge in [0.15, 0.2) is 0 Å². The van der Waals surface area contributed by atoms with Gasteiger partial charge in [0.1, 0.15) is 5.82 Å². The summed E-state index contributed by atoms with van der Waals surface area (Å²) in [6.45, 7) is 2.80. The van der Waals surface area contributed by atoms with Gasteiger partial charge >= 0.3 is 5.97 Å². The smallest absolute Gasteiger partial charge is 0.337 e. The number of carboxylic acid groups (broad SMARTS) is 1. The zero-order valence-electron chi connectivity index (χ0n) is 11.7. The van der Waals surface area contributed by atoms with Crippen molar-refractivity contribution in [3.05, 3.63) is 52.0 Å². The first-order valence-corrected chi connectivity index (χ1v) is 7.82. The fourth-order valence-electron chi connectivity index (χ4n) is 2.59. The molecule has 0 aliphatic carbocycles. The Balaban J connectivity index is 2.07. The second kappa shape index (κ2) is 5.69. The van der Waals surface area contributed by atoms with Crippen LogP contribution in [-0.2, 0) is 19.4 Å². The Labute approximate surface area is 126 Å². The van der Waals surface area contributed by atoms with Crippen LogP contribution < -0.4 is 0 Å². The highest BCUT2D eigenvalue weighted by atomic mass is 32.1. The van der Waals surface area contributed by atoms with Crippen LogP contribution in [-0.4, -0.2) is 20.6 Å². The number of rotatable bonds is 5. The number of nitrogens with zero attached hydrogens (tertiary/aromatic N) is 2. The van der Waals surface area contributed by atoms with E-state index in [1.165, 1.54) is 4.88 Å². The van der Waals surface area contributed by atoms with Crippen LogP contribution in [0.2, 0.25) is 0 Å². The third-order valence-corrected chi connectivity index (χ3v) is 4.49. The van der Waals surface area contributed by atoms with E-state index >= 15 is 0 Å². The average Bonchev–Trinajstić information content (AvgIpc) is 3.11. The van der Waals surface area contributed by atoms with Gasteiger partial charge in [0, 0.05) is 17.8 Å². The van der Waals surface area contributed by atoms with Gasteiger partial charge in [-0.05, 0) is 30.0 Å². The lowest BCUT2D eigenvalue weighted by Gasteiger charge is -2.09. The van der Waals surface area contributed by atoms with E-state index in [2.05, 4.69) is 21.0 Å². The number of imidazole rings is 1. The van der Waals surface area contributed by atoms with E-state index < -0.39 is 5.97 Å². The highest BCUT2D eigenvalue weighted by Crippen LogP contribution is 2.22. The maximum Gasteiger partial charge on any atom is 0.337 e. The van der Waals surface area contributed by atoms with Gasteiger partial charge in [0.25, 0.3) is 0 Å². The van der Waals surface area contributed by atoms with Crippen molar-refractivity contribution >= 4 is 28.3 Å². The molecule has 0 saturated carbocycles. The van der Waals surface area contributed by atoms with Crippen LogP contribution in [0, 0.1) is 0 Å². The molecule has 4 nitrogen and oxygen atoms in total. The minimum atomic E-state index is -0.902. The van der Waals surface area contributed by atoms with E-state index in [0.29, 0.717) is 5.56 Å². The van der Waals surface area contributed by atoms with Gasteiger partial charge in [-0.1, -0.05) is 19.1 Å². The molecule has 0 saturated heterocycles. The van der Waals surface area contributed by atoms with Crippen LogP contribution in [0.1, 0.15) is 28.0 Å². The van der Waals surface area contributed by atoms with Crippen LogP contribution in [0.3, 0.4) is 0 Å². The normalized spacial score (nSPS) is 11.1. The van der Waals surface area contributed by atoms with Crippen molar-refractivity contribution in [1.82, 2.24) is 9.55 Å². The van der Waals surface area contributed by atoms with Gasteiger partial charge in [-0.3, -0.25) is 0 Å². The fraction of sp³-hybridized carbons (Fsp3) is 0.250. The highest BCUT2D eigenvalue weighted by Gasteiger charge is 2.16. The lowest BCUT2D eigenvalue weighted by atomic mass is 10.2. The second-order valence-electron chi connectivity index (χ2n) is 4.84. The molecule has 3 rings (SSSR count). The van der Waals surface area contributed by atoms with Crippen molar-refractivity contribution in [3.63, 3.8) is 0 Å². The third-order valence-electron chi connectivity index (χ3n) is 3.55. The predicted octanol–water partition coefficient (Wildman–Crippen LogP) is 3.60. The molecule has 0 aliphatic rings. The molecule has 0 unspecified atom stereocenters. The highest BCUT2D eigenvalue weighted by molar-refractivity contribution is 7.09. The molecule has 2 aromatic heterocycles. The SMILES string of the molecule is CCc1nc2cccc(C(=O)O)c2n1CCc1cccs1. The van der Waals surface area contributed by atoms with E-state index in [1.807, 2.05) is 19.1 Å². The molecule has 0 amide bonds. The van der Waals surface area contributed by atoms with Crippen LogP contribution in [0.5, 0.6) is 0 Å². The maximum absolute atomic E-state index is 11.5. The molecule has 3 aromatic rings. The lowest BCUT2D eigenvalue weighted by Crippen LogP contribution is -2.08. The molecule has 108 valence electrons. The van der Waals surface area contributed by atoms with Gasteiger partial charge in [-0.2, -0.15) is 0 Å². The average molecular weight is 300 g/mol. The Hall–Kier alpha value is -2.14. The Morgan fingerprint density at radius 3 is 2.86 bits per heavy atom. The summed E-state index contributed by atoms with van der Waals surface area (Å²) >= 11 is 1.72. The first kappa shape index (κ1) is 13.8. The number of aromatic nitrogens is 2. The molecule has 1 N–H and O–H groups in total. The van der Waals surface area contributed by atoms with E-state index in [0.717, 1.165) is 36.2 Å². The number of hydrogen-bond acceptors (Lipinski definition) is 3. The van der Waals surface area contributed by atoms with Gasteiger partial charge < -0.3 is 9.67 Å². The molecular formula is C16H16N2O2S. The van der Waals surface area contributed by atoms with Crippen LogP contribution in [0.4, 0.5) is 0 Å². The summed E-state index contributed by atoms with van der Waals surface area (Å²) in [4.78, 5) is 17.3. The number of fused-ring (bicyclic) bond motifs is 1. The Bertz CT molecular complexity index is 775. The van der Waals surface area contributed by atoms with Crippen LogP contribution in [0.25, 0.3) is 11.0 Å². The molecule has 0 fully saturated rings. The number of aryl methyl sites for hydroxylation is 3. The van der Waals surface area contributed by atoms with Crippen molar-refractivity contribution in [2.24, 2.45) is 0 Å². The quantitative estimate of drug-likeness (QED) is 0.783. The lowest BCUT2D eigenvalue weighted by molar-refractivity contribution is 0.0698. The number of thiophene rings is 1. The number of carboxylic acids is 1. The minimum absolute atomic E-state index is 0.325. The maximum atomic E-state index is 11.5. The summed E-state index contributed by atoms with van der Waals surface area (Å²) < 4.78 is 2.05. The standard InChI is InChI=1S/C16H16N2O2S/c1-2-14-17-13-7-3-6-12(16(19)20)15(13)18(14)9-8-11-5-4-10-21-11/h3-7,10H,2,8-9H2,1H3,(H,19,20). The largest absolute Gasteiger partial charge is 0.478 e. The summed E-state index contributed by atoms with van der Waals surface area (Å²) in [5.41, 5.74) is 1.82. The van der Waals surface area contributed by atoms with Gasteiger partial charge in [-0.25, -0.2) is 9.78 Å². The number of para-hydroxylation sites is 1. The molecule has 0 aliphatic heterocycles. The minimum Gasteiger partial charge on any atom is -0.478 e. The first-order chi connectivity index (χ1) is 10.2. The molecule has 1 aromatic carbocycles. The molecular weight excluding hydrogens is 284 g/mol. The van der Waals surface area contributed by atoms with E-state index in [4.69, 9.17) is 0 Å². The first-order valence-electron chi connectivity index (χ1n) is 6.94. The molecule has 0 radical (unpaired) electrons. The summed E-state index contributed by atoms with van der Waals surface area (Å²) in [7, 11) is 0. The third kappa shape index (κ3) is 2.56. The van der Waals surface area contributed by atoms with E-state index in [1.54, 1.807) is 23.5 Å². The van der Waals surface area contributed by atoms with Gasteiger partial charge in [0.05, 0.1) is 16.6 Å². The molecule has 0 bridgehead atoms. The van der Waals surface area contributed by atoms with Crippen molar-refractivity contribution < 1.29 is 9.90 Å². The Kier molecular flexibility index (Phi) is 3.75. The van der Waals surface area contributed by atoms with Crippen LogP contribution in [0.15, 0.2) is 35.7 Å². The van der Waals surface area contributed by atoms with E-state index in [-0.39, 0.29) is 0 Å². The predicted molar refractivity (Wildman–Crippen MR) is 84.1 cm³/mol. The van der Waals surface area contributed by atoms with Crippen LogP contribution >= 0.6 is 11.3 Å². The molecule has 0 spiro atoms. The Morgan fingerprint density at radius 1 is 1.33 bits per heavy atom. The molecule has 2 heterocycles. The van der Waals surface area contributed by atoms with Crippen molar-refractivity contribution in [2.75, 3.05) is 0 Å². The Morgan fingerprint density at radius 2 is 2.19 bits per heavy atom. The van der Waals surface area contributed by atoms with Gasteiger partial charge in [0.2, 0.25) is 0 Å². The van der Waals surface area contributed by atoms with E-state index in [9.17, 15) is 9.90 Å². The number of benzene rings is 1. The second-order valence-corrected chi connectivity index (χ2v) is 5.87. The summed E-state index contributed by atoms with van der Waals surface area (Å²) in [6.07, 6.45) is 1.68. The van der Waals surface area contributed by atoms with Crippen molar-refractivity contribution in [3.8, 4) is 0 Å². The number of hydrogen-bond donors (Lipinski definition) is 1. The zero-order valence-corrected chi connectivity index (χ0v) is 12.6. The van der Waals surface area contributed by atoms with Gasteiger partial charge in [-0.15, -0.1) is 11.3 Å². The summed E-state index contributed by atoms with van der Waals surface area (Å²) in [5.74, 6) is 0.0378. The topological polar surface area (TPSA) is 55.1 Å². The monoisotopic (exact) mass is 300 g/mol. The van der Waals surface area contributed by atoms with Crippen molar-refractivity contribution in [2.45, 2.75) is 26.3 Å². The summed E-state index contributed by atoms with van der Waals surface area (Å²) in [6, 6.07) is 9.42. The number of aromatic carboxylic acids is 1. The zero-order chi connectivity index (χ0) is 14.8. The van der Waals surface area contributed by atoms with Crippen molar-refractivity contribution in [1.29, 1.82) is 0 Å². The fourth-order valence-corrected chi connectivity index (χ4v) is 3.29. The molecule has 21 heavy (non-hydrogen) atoms. The summed E-state index contributed by atoms with van der Waals surface area (Å²) in [5, 5.41) is 11.5. The molecule has 5 heteroatoms. The number of carbonyl (C=O) groups is 1.